The summed E-state index contributed by atoms with van der Waals surface area (Å²) in [5.74, 6) is 0.549. The van der Waals surface area contributed by atoms with Gasteiger partial charge >= 0.3 is 5.97 Å². The molecule has 4 rings (SSSR count). The summed E-state index contributed by atoms with van der Waals surface area (Å²) in [6.07, 6.45) is 3.09. The number of amides is 1. The molecule has 1 aliphatic rings. The topological polar surface area (TPSA) is 73.9 Å². The summed E-state index contributed by atoms with van der Waals surface area (Å²) in [5, 5.41) is 4.03. The van der Waals surface area contributed by atoms with Gasteiger partial charge in [-0.15, -0.1) is 11.3 Å². The highest BCUT2D eigenvalue weighted by atomic mass is 32.1. The average molecular weight is 395 g/mol. The van der Waals surface area contributed by atoms with Gasteiger partial charge in [-0.1, -0.05) is 24.3 Å². The van der Waals surface area contributed by atoms with Crippen molar-refractivity contribution < 1.29 is 23.8 Å². The van der Waals surface area contributed by atoms with Crippen molar-refractivity contribution in [1.82, 2.24) is 0 Å². The van der Waals surface area contributed by atoms with Gasteiger partial charge in [0.2, 0.25) is 12.7 Å². The van der Waals surface area contributed by atoms with E-state index in [1.807, 2.05) is 30.3 Å². The van der Waals surface area contributed by atoms with Crippen molar-refractivity contribution in [3.63, 3.8) is 0 Å². The molecule has 1 aromatic heterocycles. The lowest BCUT2D eigenvalue weighted by Crippen LogP contribution is -2.12. The number of rotatable bonds is 5. The number of carbonyl (C=O) groups is 2. The van der Waals surface area contributed by atoms with E-state index < -0.39 is 5.97 Å². The average Bonchev–Trinajstić information content (AvgIpc) is 3.30. The number of thiophene rings is 1. The summed E-state index contributed by atoms with van der Waals surface area (Å²) in [6.45, 7) is 2.21. The smallest absolute Gasteiger partial charge is 0.341 e. The molecule has 0 atom stereocenters. The predicted octanol–water partition coefficient (Wildman–Crippen LogP) is 4.46. The number of fused-ring (bicyclic) bond motifs is 2. The Morgan fingerprint density at radius 2 is 2.00 bits per heavy atom. The SMILES string of the molecule is CCOC(=O)c1c(NC(=O)/C=C\c2ccc3c(c2)OCO3)sc2ccccc12. The first-order valence-electron chi connectivity index (χ1n) is 8.73. The second kappa shape index (κ2) is 7.74. The van der Waals surface area contributed by atoms with E-state index in [-0.39, 0.29) is 19.3 Å². The predicted molar refractivity (Wildman–Crippen MR) is 108 cm³/mol. The molecule has 2 heterocycles. The number of nitrogens with one attached hydrogen (secondary N) is 1. The van der Waals surface area contributed by atoms with Gasteiger partial charge in [0.05, 0.1) is 6.61 Å². The van der Waals surface area contributed by atoms with Crippen LogP contribution in [0.3, 0.4) is 0 Å². The van der Waals surface area contributed by atoms with E-state index in [0.717, 1.165) is 15.6 Å². The number of hydrogen-bond donors (Lipinski definition) is 1. The summed E-state index contributed by atoms with van der Waals surface area (Å²) in [4.78, 5) is 24.8. The first-order valence-corrected chi connectivity index (χ1v) is 9.54. The van der Waals surface area contributed by atoms with Crippen molar-refractivity contribution in [3.05, 3.63) is 59.7 Å². The van der Waals surface area contributed by atoms with Crippen molar-refractivity contribution in [2.75, 3.05) is 18.7 Å². The van der Waals surface area contributed by atoms with Crippen LogP contribution in [-0.2, 0) is 9.53 Å². The number of benzene rings is 2. The first kappa shape index (κ1) is 18.1. The Balaban J connectivity index is 1.56. The van der Waals surface area contributed by atoms with Gasteiger partial charge in [0.25, 0.3) is 0 Å². The fourth-order valence-electron chi connectivity index (χ4n) is 2.88. The molecule has 0 bridgehead atoms. The van der Waals surface area contributed by atoms with Crippen molar-refractivity contribution >= 4 is 44.4 Å². The van der Waals surface area contributed by atoms with Gasteiger partial charge in [-0.2, -0.15) is 0 Å². The Kier molecular flexibility index (Phi) is 4.99. The molecular formula is C21H17NO5S. The summed E-state index contributed by atoms with van der Waals surface area (Å²) < 4.78 is 16.7. The number of hydrogen-bond acceptors (Lipinski definition) is 6. The highest BCUT2D eigenvalue weighted by Gasteiger charge is 2.21. The molecule has 0 spiro atoms. The molecule has 0 unspecified atom stereocenters. The molecule has 0 saturated carbocycles. The molecule has 2 aromatic carbocycles. The van der Waals surface area contributed by atoms with Crippen LogP contribution < -0.4 is 14.8 Å². The van der Waals surface area contributed by atoms with Crippen LogP contribution >= 0.6 is 11.3 Å². The third-order valence-electron chi connectivity index (χ3n) is 4.14. The van der Waals surface area contributed by atoms with Gasteiger partial charge in [-0.3, -0.25) is 4.79 Å². The Hall–Kier alpha value is -3.32. The number of ether oxygens (including phenoxy) is 3. The lowest BCUT2D eigenvalue weighted by Gasteiger charge is -2.05. The van der Waals surface area contributed by atoms with E-state index in [0.29, 0.717) is 22.1 Å². The fourth-order valence-corrected chi connectivity index (χ4v) is 3.98. The van der Waals surface area contributed by atoms with E-state index in [4.69, 9.17) is 14.2 Å². The molecule has 0 aliphatic carbocycles. The molecular weight excluding hydrogens is 378 g/mol. The van der Waals surface area contributed by atoms with Crippen LogP contribution in [0.2, 0.25) is 0 Å². The Morgan fingerprint density at radius 3 is 2.86 bits per heavy atom. The maximum atomic E-state index is 12.4. The Bertz CT molecular complexity index is 1090. The number of esters is 1. The van der Waals surface area contributed by atoms with Gasteiger partial charge in [0, 0.05) is 16.2 Å². The van der Waals surface area contributed by atoms with Crippen LogP contribution in [0.1, 0.15) is 22.8 Å². The third-order valence-corrected chi connectivity index (χ3v) is 5.22. The van der Waals surface area contributed by atoms with Crippen LogP contribution in [0.5, 0.6) is 11.5 Å². The van der Waals surface area contributed by atoms with Crippen LogP contribution in [0.4, 0.5) is 5.00 Å². The molecule has 6 nitrogen and oxygen atoms in total. The zero-order valence-corrected chi connectivity index (χ0v) is 15.9. The molecule has 0 radical (unpaired) electrons. The lowest BCUT2D eigenvalue weighted by atomic mass is 10.1. The van der Waals surface area contributed by atoms with Gasteiger partial charge in [-0.05, 0) is 36.8 Å². The minimum absolute atomic E-state index is 0.200. The van der Waals surface area contributed by atoms with Crippen molar-refractivity contribution in [2.45, 2.75) is 6.92 Å². The highest BCUT2D eigenvalue weighted by molar-refractivity contribution is 7.23. The zero-order chi connectivity index (χ0) is 19.5. The van der Waals surface area contributed by atoms with E-state index in [1.165, 1.54) is 17.4 Å². The van der Waals surface area contributed by atoms with E-state index in [9.17, 15) is 9.59 Å². The largest absolute Gasteiger partial charge is 0.462 e. The molecule has 1 N–H and O–H groups in total. The van der Waals surface area contributed by atoms with Gasteiger partial charge in [0.15, 0.2) is 11.5 Å². The van der Waals surface area contributed by atoms with E-state index in [2.05, 4.69) is 5.32 Å². The second-order valence-electron chi connectivity index (χ2n) is 5.96. The molecule has 0 saturated heterocycles. The summed E-state index contributed by atoms with van der Waals surface area (Å²) >= 11 is 1.34. The summed E-state index contributed by atoms with van der Waals surface area (Å²) in [6, 6.07) is 12.9. The molecule has 1 amide bonds. The molecule has 7 heteroatoms. The lowest BCUT2D eigenvalue weighted by molar-refractivity contribution is -0.111. The van der Waals surface area contributed by atoms with Crippen molar-refractivity contribution in [3.8, 4) is 11.5 Å². The summed E-state index contributed by atoms with van der Waals surface area (Å²) in [5.41, 5.74) is 1.19. The van der Waals surface area contributed by atoms with Crippen LogP contribution in [0, 0.1) is 0 Å². The molecule has 1 aliphatic heterocycles. The normalized spacial score (nSPS) is 12.5. The van der Waals surface area contributed by atoms with E-state index in [1.54, 1.807) is 25.1 Å². The van der Waals surface area contributed by atoms with E-state index >= 15 is 0 Å². The van der Waals surface area contributed by atoms with Crippen LogP contribution in [0.25, 0.3) is 16.2 Å². The van der Waals surface area contributed by atoms with Gasteiger partial charge < -0.3 is 19.5 Å². The van der Waals surface area contributed by atoms with Gasteiger partial charge in [0.1, 0.15) is 10.6 Å². The van der Waals surface area contributed by atoms with Crippen LogP contribution in [0.15, 0.2) is 48.5 Å². The third kappa shape index (κ3) is 3.57. The Labute approximate surface area is 165 Å². The fraction of sp³-hybridized carbons (Fsp3) is 0.143. The molecule has 142 valence electrons. The minimum atomic E-state index is -0.449. The first-order chi connectivity index (χ1) is 13.7. The maximum Gasteiger partial charge on any atom is 0.341 e. The van der Waals surface area contributed by atoms with Gasteiger partial charge in [-0.25, -0.2) is 4.79 Å². The zero-order valence-electron chi connectivity index (χ0n) is 15.1. The van der Waals surface area contributed by atoms with Crippen LogP contribution in [-0.4, -0.2) is 25.3 Å². The maximum absolute atomic E-state index is 12.4. The Morgan fingerprint density at radius 1 is 1.18 bits per heavy atom. The number of carbonyl (C=O) groups excluding carboxylic acids is 2. The quantitative estimate of drug-likeness (QED) is 0.510. The van der Waals surface area contributed by atoms with Crippen molar-refractivity contribution in [1.29, 1.82) is 0 Å². The standard InChI is InChI=1S/C21H17NO5S/c1-2-25-21(24)19-14-5-3-4-6-17(14)28-20(19)22-18(23)10-8-13-7-9-15-16(11-13)27-12-26-15/h3-11H,2,12H2,1H3,(H,22,23)/b10-8-. The molecule has 3 aromatic rings. The number of anilines is 1. The minimum Gasteiger partial charge on any atom is -0.462 e. The second-order valence-corrected chi connectivity index (χ2v) is 7.01. The van der Waals surface area contributed by atoms with Crippen molar-refractivity contribution in [2.24, 2.45) is 0 Å². The molecule has 0 fully saturated rings. The highest BCUT2D eigenvalue weighted by Crippen LogP contribution is 2.36. The molecule has 28 heavy (non-hydrogen) atoms. The monoisotopic (exact) mass is 395 g/mol. The summed E-state index contributed by atoms with van der Waals surface area (Å²) in [7, 11) is 0.